The van der Waals surface area contributed by atoms with E-state index in [4.69, 9.17) is 9.47 Å². The number of H-pyrrole nitrogens is 1. The molecule has 1 aromatic carbocycles. The minimum Gasteiger partial charge on any atom is -0.497 e. The molecule has 5 nitrogen and oxygen atoms in total. The van der Waals surface area contributed by atoms with Gasteiger partial charge in [-0.15, -0.1) is 0 Å². The number of imidazole rings is 1. The predicted octanol–water partition coefficient (Wildman–Crippen LogP) is 2.08. The van der Waals surface area contributed by atoms with E-state index in [1.165, 1.54) is 0 Å². The molecule has 92 valence electrons. The van der Waals surface area contributed by atoms with Gasteiger partial charge in [0.25, 0.3) is 0 Å². The van der Waals surface area contributed by atoms with Gasteiger partial charge in [0.2, 0.25) is 0 Å². The van der Waals surface area contributed by atoms with Gasteiger partial charge in [0, 0.05) is 24.0 Å². The van der Waals surface area contributed by atoms with E-state index >= 15 is 0 Å². The average Bonchev–Trinajstić information content (AvgIpc) is 2.94. The van der Waals surface area contributed by atoms with E-state index in [9.17, 15) is 5.26 Å². The Labute approximate surface area is 105 Å². The van der Waals surface area contributed by atoms with Crippen molar-refractivity contribution in [2.75, 3.05) is 14.2 Å². The first-order valence-electron chi connectivity index (χ1n) is 5.41. The molecule has 0 radical (unpaired) electrons. The molecule has 1 heterocycles. The van der Waals surface area contributed by atoms with Crippen LogP contribution in [0.25, 0.3) is 0 Å². The van der Waals surface area contributed by atoms with E-state index in [-0.39, 0.29) is 0 Å². The minimum atomic E-state index is -0.485. The fraction of sp³-hybridized carbons (Fsp3) is 0.231. The molecule has 0 fully saturated rings. The summed E-state index contributed by atoms with van der Waals surface area (Å²) >= 11 is 0. The maximum Gasteiger partial charge on any atom is 0.133 e. The normalized spacial score (nSPS) is 11.6. The van der Waals surface area contributed by atoms with Crippen LogP contribution in [0.15, 0.2) is 30.6 Å². The van der Waals surface area contributed by atoms with Crippen LogP contribution in [0, 0.1) is 11.3 Å². The topological polar surface area (TPSA) is 70.9 Å². The highest BCUT2D eigenvalue weighted by Gasteiger charge is 2.20. The third kappa shape index (κ3) is 2.13. The van der Waals surface area contributed by atoms with Crippen molar-refractivity contribution in [3.05, 3.63) is 42.0 Å². The van der Waals surface area contributed by atoms with Crippen LogP contribution in [0.3, 0.4) is 0 Å². The minimum absolute atomic E-state index is 0.485. The van der Waals surface area contributed by atoms with Crippen molar-refractivity contribution in [3.63, 3.8) is 0 Å². The lowest BCUT2D eigenvalue weighted by atomic mass is 9.98. The van der Waals surface area contributed by atoms with E-state index in [0.29, 0.717) is 17.3 Å². The zero-order chi connectivity index (χ0) is 13.0. The number of hydrogen-bond acceptors (Lipinski definition) is 4. The van der Waals surface area contributed by atoms with E-state index in [1.807, 2.05) is 6.07 Å². The molecule has 1 unspecified atom stereocenters. The molecule has 0 spiro atoms. The Kier molecular flexibility index (Phi) is 3.49. The third-order valence-electron chi connectivity index (χ3n) is 2.67. The van der Waals surface area contributed by atoms with Gasteiger partial charge in [-0.2, -0.15) is 5.26 Å². The molecule has 0 aliphatic carbocycles. The van der Waals surface area contributed by atoms with Gasteiger partial charge in [-0.05, 0) is 12.1 Å². The summed E-state index contributed by atoms with van der Waals surface area (Å²) in [6, 6.07) is 7.58. The van der Waals surface area contributed by atoms with Gasteiger partial charge in [0.1, 0.15) is 23.2 Å². The van der Waals surface area contributed by atoms with E-state index < -0.39 is 5.92 Å². The summed E-state index contributed by atoms with van der Waals surface area (Å²) in [5.74, 6) is 1.41. The monoisotopic (exact) mass is 243 g/mol. The number of nitrogens with zero attached hydrogens (tertiary/aromatic N) is 2. The first-order valence-corrected chi connectivity index (χ1v) is 5.41. The van der Waals surface area contributed by atoms with Crippen LogP contribution in [0.2, 0.25) is 0 Å². The summed E-state index contributed by atoms with van der Waals surface area (Å²) in [6.45, 7) is 0. The van der Waals surface area contributed by atoms with Crippen LogP contribution < -0.4 is 9.47 Å². The summed E-state index contributed by atoms with van der Waals surface area (Å²) in [5, 5.41) is 9.30. The van der Waals surface area contributed by atoms with Crippen molar-refractivity contribution in [3.8, 4) is 17.6 Å². The standard InChI is InChI=1S/C13H13N3O2/c1-17-9-3-4-10(12(7-9)18-2)11(8-14)13-15-5-6-16-13/h3-7,11H,1-2H3,(H,15,16). The molecule has 2 aromatic rings. The van der Waals surface area contributed by atoms with Gasteiger partial charge in [-0.3, -0.25) is 0 Å². The first kappa shape index (κ1) is 12.0. The summed E-state index contributed by atoms with van der Waals surface area (Å²) in [4.78, 5) is 7.06. The maximum absolute atomic E-state index is 9.30. The van der Waals surface area contributed by atoms with Crippen molar-refractivity contribution < 1.29 is 9.47 Å². The van der Waals surface area contributed by atoms with Gasteiger partial charge >= 0.3 is 0 Å². The molecular weight excluding hydrogens is 230 g/mol. The molecular formula is C13H13N3O2. The molecule has 0 aliphatic rings. The first-order chi connectivity index (χ1) is 8.80. The molecule has 0 saturated heterocycles. The van der Waals surface area contributed by atoms with Crippen LogP contribution in [-0.4, -0.2) is 24.2 Å². The van der Waals surface area contributed by atoms with Crippen LogP contribution in [-0.2, 0) is 0 Å². The smallest absolute Gasteiger partial charge is 0.133 e. The number of nitriles is 1. The Morgan fingerprint density at radius 3 is 2.72 bits per heavy atom. The molecule has 5 heteroatoms. The Hall–Kier alpha value is -2.48. The zero-order valence-electron chi connectivity index (χ0n) is 10.2. The lowest BCUT2D eigenvalue weighted by Crippen LogP contribution is -2.03. The van der Waals surface area contributed by atoms with Crippen molar-refractivity contribution in [2.45, 2.75) is 5.92 Å². The molecule has 2 rings (SSSR count). The molecule has 0 amide bonds. The molecule has 0 aliphatic heterocycles. The highest BCUT2D eigenvalue weighted by molar-refractivity contribution is 5.47. The second kappa shape index (κ2) is 5.23. The van der Waals surface area contributed by atoms with Crippen LogP contribution in [0.1, 0.15) is 17.3 Å². The SMILES string of the molecule is COc1ccc(C(C#N)c2ncc[nH]2)c(OC)c1. The number of ether oxygens (including phenoxy) is 2. The summed E-state index contributed by atoms with van der Waals surface area (Å²) in [6.07, 6.45) is 3.31. The van der Waals surface area contributed by atoms with Crippen LogP contribution in [0.5, 0.6) is 11.5 Å². The van der Waals surface area contributed by atoms with E-state index in [0.717, 1.165) is 5.56 Å². The molecule has 1 N–H and O–H groups in total. The van der Waals surface area contributed by atoms with Gasteiger partial charge < -0.3 is 14.5 Å². The largest absolute Gasteiger partial charge is 0.497 e. The Bertz CT molecular complexity index is 558. The second-order valence-corrected chi connectivity index (χ2v) is 3.64. The zero-order valence-corrected chi connectivity index (χ0v) is 10.2. The number of hydrogen-bond donors (Lipinski definition) is 1. The summed E-state index contributed by atoms with van der Waals surface area (Å²) in [7, 11) is 3.15. The quantitative estimate of drug-likeness (QED) is 0.892. The number of rotatable bonds is 4. The van der Waals surface area contributed by atoms with Crippen molar-refractivity contribution in [1.29, 1.82) is 5.26 Å². The Balaban J connectivity index is 2.46. The third-order valence-corrected chi connectivity index (χ3v) is 2.67. The molecule has 18 heavy (non-hydrogen) atoms. The van der Waals surface area contributed by atoms with Gasteiger partial charge in [-0.1, -0.05) is 0 Å². The van der Waals surface area contributed by atoms with E-state index in [2.05, 4.69) is 16.0 Å². The maximum atomic E-state index is 9.30. The highest BCUT2D eigenvalue weighted by Crippen LogP contribution is 2.32. The van der Waals surface area contributed by atoms with Crippen molar-refractivity contribution >= 4 is 0 Å². The second-order valence-electron chi connectivity index (χ2n) is 3.64. The van der Waals surface area contributed by atoms with Gasteiger partial charge in [0.05, 0.1) is 20.3 Å². The van der Waals surface area contributed by atoms with E-state index in [1.54, 1.807) is 38.7 Å². The van der Waals surface area contributed by atoms with Gasteiger partial charge in [0.15, 0.2) is 0 Å². The lowest BCUT2D eigenvalue weighted by molar-refractivity contribution is 0.390. The number of aromatic nitrogens is 2. The summed E-state index contributed by atoms with van der Waals surface area (Å²) < 4.78 is 10.4. The fourth-order valence-corrected chi connectivity index (χ4v) is 1.77. The Morgan fingerprint density at radius 1 is 1.33 bits per heavy atom. The molecule has 1 atom stereocenters. The van der Waals surface area contributed by atoms with Crippen molar-refractivity contribution in [1.82, 2.24) is 9.97 Å². The molecule has 0 bridgehead atoms. The lowest BCUT2D eigenvalue weighted by Gasteiger charge is -2.13. The predicted molar refractivity (Wildman–Crippen MR) is 65.6 cm³/mol. The van der Waals surface area contributed by atoms with Crippen LogP contribution >= 0.6 is 0 Å². The highest BCUT2D eigenvalue weighted by atomic mass is 16.5. The fourth-order valence-electron chi connectivity index (χ4n) is 1.77. The Morgan fingerprint density at radius 2 is 2.17 bits per heavy atom. The molecule has 1 aromatic heterocycles. The number of methoxy groups -OCH3 is 2. The van der Waals surface area contributed by atoms with Crippen molar-refractivity contribution in [2.24, 2.45) is 0 Å². The number of nitrogens with one attached hydrogen (secondary N) is 1. The van der Waals surface area contributed by atoms with Gasteiger partial charge in [-0.25, -0.2) is 4.98 Å². The molecule has 0 saturated carbocycles. The summed E-state index contributed by atoms with van der Waals surface area (Å²) in [5.41, 5.74) is 0.760. The average molecular weight is 243 g/mol. The number of aromatic amines is 1. The number of benzene rings is 1. The van der Waals surface area contributed by atoms with Crippen LogP contribution in [0.4, 0.5) is 0 Å².